The Bertz CT molecular complexity index is 1380. The lowest BCUT2D eigenvalue weighted by Crippen LogP contribution is -2.37. The van der Waals surface area contributed by atoms with Gasteiger partial charge in [0.15, 0.2) is 0 Å². The topological polar surface area (TPSA) is 56.6 Å². The first-order valence-corrected chi connectivity index (χ1v) is 12.5. The van der Waals surface area contributed by atoms with E-state index >= 15 is 0 Å². The van der Waals surface area contributed by atoms with Gasteiger partial charge in [0.05, 0.1) is 35.2 Å². The SMILES string of the molecule is Cc1cccc(Oc2c(CN(C[C@H]3CCCO3)C(=O)c3ccccc3F)c(C)nn2-c2ccccc2)c1. The Morgan fingerprint density at radius 3 is 2.59 bits per heavy atom. The lowest BCUT2D eigenvalue weighted by molar-refractivity contribution is 0.0502. The first kappa shape index (κ1) is 24.7. The van der Waals surface area contributed by atoms with Crippen molar-refractivity contribution >= 4 is 5.91 Å². The quantitative estimate of drug-likeness (QED) is 0.288. The average molecular weight is 500 g/mol. The van der Waals surface area contributed by atoms with Gasteiger partial charge in [-0.3, -0.25) is 4.79 Å². The summed E-state index contributed by atoms with van der Waals surface area (Å²) in [5.74, 6) is 0.261. The number of hydrogen-bond donors (Lipinski definition) is 0. The van der Waals surface area contributed by atoms with Crippen molar-refractivity contribution < 1.29 is 18.7 Å². The van der Waals surface area contributed by atoms with E-state index in [1.165, 1.54) is 12.1 Å². The van der Waals surface area contributed by atoms with Crippen molar-refractivity contribution in [1.82, 2.24) is 14.7 Å². The fourth-order valence-electron chi connectivity index (χ4n) is 4.61. The molecule has 1 aliphatic heterocycles. The summed E-state index contributed by atoms with van der Waals surface area (Å²) in [6.07, 6.45) is 1.70. The first-order chi connectivity index (χ1) is 18.0. The van der Waals surface area contributed by atoms with Crippen molar-refractivity contribution in [1.29, 1.82) is 0 Å². The minimum atomic E-state index is -0.544. The molecule has 0 radical (unpaired) electrons. The maximum Gasteiger partial charge on any atom is 0.257 e. The molecule has 1 atom stereocenters. The van der Waals surface area contributed by atoms with Crippen LogP contribution in [0.1, 0.15) is 40.0 Å². The molecule has 1 aliphatic rings. The maximum absolute atomic E-state index is 14.6. The van der Waals surface area contributed by atoms with Gasteiger partial charge in [-0.05, 0) is 68.7 Å². The molecule has 0 N–H and O–H groups in total. The molecule has 5 rings (SSSR count). The minimum absolute atomic E-state index is 0.0368. The van der Waals surface area contributed by atoms with E-state index in [1.807, 2.05) is 68.4 Å². The number of aromatic nitrogens is 2. The molecule has 1 saturated heterocycles. The minimum Gasteiger partial charge on any atom is -0.439 e. The van der Waals surface area contributed by atoms with Crippen molar-refractivity contribution in [3.63, 3.8) is 0 Å². The molecule has 6 nitrogen and oxygen atoms in total. The van der Waals surface area contributed by atoms with Gasteiger partial charge in [-0.2, -0.15) is 5.10 Å². The molecular weight excluding hydrogens is 469 g/mol. The largest absolute Gasteiger partial charge is 0.439 e. The van der Waals surface area contributed by atoms with Gasteiger partial charge in [0.1, 0.15) is 11.6 Å². The first-order valence-electron chi connectivity index (χ1n) is 12.5. The summed E-state index contributed by atoms with van der Waals surface area (Å²) in [4.78, 5) is 15.3. The smallest absolute Gasteiger partial charge is 0.257 e. The van der Waals surface area contributed by atoms with Crippen molar-refractivity contribution in [3.8, 4) is 17.3 Å². The number of carbonyl (C=O) groups is 1. The van der Waals surface area contributed by atoms with E-state index in [2.05, 4.69) is 0 Å². The van der Waals surface area contributed by atoms with Gasteiger partial charge in [-0.15, -0.1) is 0 Å². The van der Waals surface area contributed by atoms with Crippen molar-refractivity contribution in [2.45, 2.75) is 39.3 Å². The maximum atomic E-state index is 14.6. The van der Waals surface area contributed by atoms with Crippen LogP contribution in [0.25, 0.3) is 5.69 Å². The van der Waals surface area contributed by atoms with Gasteiger partial charge in [0.25, 0.3) is 5.91 Å². The number of aryl methyl sites for hydroxylation is 2. The molecule has 0 saturated carbocycles. The van der Waals surface area contributed by atoms with Crippen LogP contribution < -0.4 is 4.74 Å². The standard InChI is InChI=1S/C30H30FN3O3/c1-21-10-8-13-24(18-21)37-30-27(22(2)32-34(30)23-11-4-3-5-12-23)20-33(19-25-14-9-17-36-25)29(35)26-15-6-7-16-28(26)31/h3-8,10-13,15-16,18,25H,9,14,17,19-20H2,1-2H3/t25-/m1/s1. The third-order valence-electron chi connectivity index (χ3n) is 6.53. The predicted octanol–water partition coefficient (Wildman–Crippen LogP) is 6.24. The van der Waals surface area contributed by atoms with Gasteiger partial charge in [-0.1, -0.05) is 42.5 Å². The number of para-hydroxylation sites is 1. The van der Waals surface area contributed by atoms with Crippen LogP contribution in [0.2, 0.25) is 0 Å². The Balaban J connectivity index is 1.56. The number of amides is 1. The summed E-state index contributed by atoms with van der Waals surface area (Å²) in [7, 11) is 0. The van der Waals surface area contributed by atoms with Crippen LogP contribution in [0.3, 0.4) is 0 Å². The fourth-order valence-corrected chi connectivity index (χ4v) is 4.61. The Hall–Kier alpha value is -3.97. The highest BCUT2D eigenvalue weighted by atomic mass is 19.1. The third-order valence-corrected chi connectivity index (χ3v) is 6.53. The second kappa shape index (κ2) is 11.0. The van der Waals surface area contributed by atoms with Crippen LogP contribution in [0.5, 0.6) is 11.6 Å². The van der Waals surface area contributed by atoms with Crippen LogP contribution in [0, 0.1) is 19.7 Å². The van der Waals surface area contributed by atoms with Crippen LogP contribution in [0.4, 0.5) is 4.39 Å². The average Bonchev–Trinajstić information content (AvgIpc) is 3.52. The lowest BCUT2D eigenvalue weighted by atomic mass is 10.1. The normalized spacial score (nSPS) is 15.1. The third kappa shape index (κ3) is 5.57. The Labute approximate surface area is 216 Å². The van der Waals surface area contributed by atoms with Crippen LogP contribution in [-0.2, 0) is 11.3 Å². The summed E-state index contributed by atoms with van der Waals surface area (Å²) in [5, 5.41) is 4.78. The number of rotatable bonds is 8. The Kier molecular flexibility index (Phi) is 7.32. The molecular formula is C30H30FN3O3. The summed E-state index contributed by atoms with van der Waals surface area (Å²) >= 11 is 0. The summed E-state index contributed by atoms with van der Waals surface area (Å²) in [5.41, 5.74) is 3.43. The summed E-state index contributed by atoms with van der Waals surface area (Å²) < 4.78 is 28.7. The van der Waals surface area contributed by atoms with E-state index in [1.54, 1.807) is 21.7 Å². The molecule has 0 spiro atoms. The van der Waals surface area contributed by atoms with Crippen LogP contribution >= 0.6 is 0 Å². The zero-order valence-electron chi connectivity index (χ0n) is 21.1. The van der Waals surface area contributed by atoms with Crippen molar-refractivity contribution in [2.24, 2.45) is 0 Å². The number of halogens is 1. The van der Waals surface area contributed by atoms with E-state index < -0.39 is 5.82 Å². The number of hydrogen-bond acceptors (Lipinski definition) is 4. The van der Waals surface area contributed by atoms with Gasteiger partial charge < -0.3 is 14.4 Å². The van der Waals surface area contributed by atoms with Gasteiger partial charge in [0.2, 0.25) is 5.88 Å². The highest BCUT2D eigenvalue weighted by Crippen LogP contribution is 2.33. The number of nitrogens with zero attached hydrogens (tertiary/aromatic N) is 3. The molecule has 1 amide bonds. The summed E-state index contributed by atoms with van der Waals surface area (Å²) in [6.45, 7) is 5.12. The molecule has 1 fully saturated rings. The fraction of sp³-hybridized carbons (Fsp3) is 0.267. The molecule has 190 valence electrons. The second-order valence-corrected chi connectivity index (χ2v) is 9.34. The van der Waals surface area contributed by atoms with Crippen LogP contribution in [-0.4, -0.2) is 39.8 Å². The highest BCUT2D eigenvalue weighted by Gasteiger charge is 2.29. The lowest BCUT2D eigenvalue weighted by Gasteiger charge is -2.26. The number of carbonyl (C=O) groups excluding carboxylic acids is 1. The zero-order chi connectivity index (χ0) is 25.8. The molecule has 0 aliphatic carbocycles. The molecule has 4 aromatic rings. The molecule has 0 unspecified atom stereocenters. The van der Waals surface area contributed by atoms with E-state index in [4.69, 9.17) is 14.6 Å². The Morgan fingerprint density at radius 2 is 1.86 bits per heavy atom. The van der Waals surface area contributed by atoms with Crippen molar-refractivity contribution in [3.05, 3.63) is 107 Å². The Morgan fingerprint density at radius 1 is 1.08 bits per heavy atom. The van der Waals surface area contributed by atoms with E-state index in [-0.39, 0.29) is 24.1 Å². The molecule has 7 heteroatoms. The van der Waals surface area contributed by atoms with Crippen molar-refractivity contribution in [2.75, 3.05) is 13.2 Å². The van der Waals surface area contributed by atoms with E-state index in [9.17, 15) is 9.18 Å². The highest BCUT2D eigenvalue weighted by molar-refractivity contribution is 5.94. The molecule has 2 heterocycles. The zero-order valence-corrected chi connectivity index (χ0v) is 21.1. The van der Waals surface area contributed by atoms with E-state index in [0.29, 0.717) is 24.8 Å². The van der Waals surface area contributed by atoms with Crippen LogP contribution in [0.15, 0.2) is 78.9 Å². The number of ether oxygens (including phenoxy) is 2. The molecule has 3 aromatic carbocycles. The number of benzene rings is 3. The van der Waals surface area contributed by atoms with E-state index in [0.717, 1.165) is 35.3 Å². The summed E-state index contributed by atoms with van der Waals surface area (Å²) in [6, 6.07) is 23.6. The molecule has 0 bridgehead atoms. The monoisotopic (exact) mass is 499 g/mol. The van der Waals surface area contributed by atoms with Gasteiger partial charge in [0, 0.05) is 13.2 Å². The van der Waals surface area contributed by atoms with Gasteiger partial charge >= 0.3 is 0 Å². The molecule has 1 aromatic heterocycles. The second-order valence-electron chi connectivity index (χ2n) is 9.34. The van der Waals surface area contributed by atoms with Gasteiger partial charge in [-0.25, -0.2) is 9.07 Å². The predicted molar refractivity (Wildman–Crippen MR) is 140 cm³/mol. The molecule has 37 heavy (non-hydrogen) atoms.